The van der Waals surface area contributed by atoms with Crippen molar-refractivity contribution in [3.05, 3.63) is 12.7 Å². The lowest BCUT2D eigenvalue weighted by atomic mass is 10.5. The zero-order valence-electron chi connectivity index (χ0n) is 11.6. The highest BCUT2D eigenvalue weighted by Gasteiger charge is 2.38. The zero-order valence-corrected chi connectivity index (χ0v) is 12.6. The normalized spacial score (nSPS) is 13.0. The van der Waals surface area contributed by atoms with Crippen LogP contribution in [0.15, 0.2) is 12.7 Å². The van der Waals surface area contributed by atoms with E-state index in [9.17, 15) is 14.4 Å². The highest BCUT2D eigenvalue weighted by atomic mass is 28.4. The summed E-state index contributed by atoms with van der Waals surface area (Å²) in [5.74, 6) is -1.40. The first-order chi connectivity index (χ1) is 8.83. The molecule has 108 valence electrons. The quantitative estimate of drug-likeness (QED) is 0.293. The average Bonchev–Trinajstić information content (AvgIpc) is 2.33. The minimum Gasteiger partial charge on any atom is -0.485 e. The van der Waals surface area contributed by atoms with Crippen molar-refractivity contribution >= 4 is 26.5 Å². The molecular weight excluding hydrogens is 268 g/mol. The first kappa shape index (κ1) is 17.4. The Kier molecular flexibility index (Phi) is 7.74. The Bertz CT molecular complexity index is 354. The van der Waals surface area contributed by atoms with Gasteiger partial charge in [-0.3, -0.25) is 9.59 Å². The van der Waals surface area contributed by atoms with E-state index in [4.69, 9.17) is 13.6 Å². The molecule has 0 aliphatic heterocycles. The van der Waals surface area contributed by atoms with E-state index in [1.165, 1.54) is 6.92 Å². The summed E-state index contributed by atoms with van der Waals surface area (Å²) in [5.41, 5.74) is 0. The van der Waals surface area contributed by atoms with Gasteiger partial charge >= 0.3 is 14.5 Å². The van der Waals surface area contributed by atoms with Crippen molar-refractivity contribution in [2.45, 2.75) is 39.3 Å². The van der Waals surface area contributed by atoms with E-state index in [-0.39, 0.29) is 13.0 Å². The lowest BCUT2D eigenvalue weighted by molar-refractivity contribution is -0.141. The van der Waals surface area contributed by atoms with E-state index >= 15 is 0 Å². The minimum absolute atomic E-state index is 0.165. The van der Waals surface area contributed by atoms with Crippen LogP contribution in [-0.2, 0) is 28.0 Å². The Morgan fingerprint density at radius 3 is 2.37 bits per heavy atom. The van der Waals surface area contributed by atoms with Gasteiger partial charge in [0.05, 0.1) is 6.61 Å². The lowest BCUT2D eigenvalue weighted by Gasteiger charge is -2.25. The molecule has 0 aromatic rings. The van der Waals surface area contributed by atoms with Gasteiger partial charge in [-0.1, -0.05) is 13.5 Å². The zero-order chi connectivity index (χ0) is 14.9. The van der Waals surface area contributed by atoms with Crippen LogP contribution in [0, 0.1) is 0 Å². The number of hydrogen-bond donors (Lipinski definition) is 0. The SMILES string of the molecule is C=CC(=O)OCCC[Si](C)(OC(C)=O)OC(=O)CC. The predicted molar refractivity (Wildman–Crippen MR) is 70.3 cm³/mol. The molecule has 0 fully saturated rings. The molecule has 7 heteroatoms. The Labute approximate surface area is 114 Å². The number of ether oxygens (including phenoxy) is 1. The van der Waals surface area contributed by atoms with Gasteiger partial charge in [-0.2, -0.15) is 0 Å². The third kappa shape index (κ3) is 8.14. The molecule has 0 amide bonds. The summed E-state index contributed by atoms with van der Waals surface area (Å²) in [6.07, 6.45) is 1.74. The van der Waals surface area contributed by atoms with Gasteiger partial charge in [-0.25, -0.2) is 4.79 Å². The summed E-state index contributed by atoms with van der Waals surface area (Å²) in [4.78, 5) is 33.2. The van der Waals surface area contributed by atoms with E-state index in [0.29, 0.717) is 12.5 Å². The van der Waals surface area contributed by atoms with Crippen molar-refractivity contribution in [2.75, 3.05) is 6.61 Å². The standard InChI is InChI=1S/C12H20O6Si/c1-5-11(14)16-8-7-9-19(4,17-10(3)13)18-12(15)6-2/h5H,1,6-9H2,2-4H3. The molecule has 19 heavy (non-hydrogen) atoms. The van der Waals surface area contributed by atoms with Crippen molar-refractivity contribution < 1.29 is 28.0 Å². The fourth-order valence-electron chi connectivity index (χ4n) is 1.36. The second-order valence-electron chi connectivity index (χ2n) is 4.03. The molecule has 0 bridgehead atoms. The molecule has 0 aromatic heterocycles. The fraction of sp³-hybridized carbons (Fsp3) is 0.583. The second kappa shape index (κ2) is 8.47. The molecule has 0 saturated heterocycles. The van der Waals surface area contributed by atoms with E-state index in [1.54, 1.807) is 13.5 Å². The smallest absolute Gasteiger partial charge is 0.461 e. The van der Waals surface area contributed by atoms with Crippen LogP contribution in [0.25, 0.3) is 0 Å². The third-order valence-electron chi connectivity index (χ3n) is 2.16. The molecule has 0 radical (unpaired) electrons. The fourth-order valence-corrected chi connectivity index (χ4v) is 3.63. The third-order valence-corrected chi connectivity index (χ3v) is 4.80. The van der Waals surface area contributed by atoms with Gasteiger partial charge in [-0.15, -0.1) is 0 Å². The van der Waals surface area contributed by atoms with Gasteiger partial charge in [0.15, 0.2) is 0 Å². The maximum absolute atomic E-state index is 11.3. The first-order valence-corrected chi connectivity index (χ1v) is 8.56. The summed E-state index contributed by atoms with van der Waals surface area (Å²) in [6, 6.07) is 0.378. The van der Waals surface area contributed by atoms with Crippen molar-refractivity contribution in [1.82, 2.24) is 0 Å². The molecule has 0 aliphatic carbocycles. The van der Waals surface area contributed by atoms with E-state index in [1.807, 2.05) is 0 Å². The van der Waals surface area contributed by atoms with Crippen LogP contribution in [0.5, 0.6) is 0 Å². The molecule has 0 spiro atoms. The average molecular weight is 288 g/mol. The largest absolute Gasteiger partial charge is 0.485 e. The Morgan fingerprint density at radius 1 is 1.26 bits per heavy atom. The molecule has 0 heterocycles. The maximum atomic E-state index is 11.3. The molecule has 0 aromatic carbocycles. The number of carbonyl (C=O) groups excluding carboxylic acids is 3. The summed E-state index contributed by atoms with van der Waals surface area (Å²) >= 11 is 0. The van der Waals surface area contributed by atoms with Crippen LogP contribution in [0.4, 0.5) is 0 Å². The minimum atomic E-state index is -2.89. The van der Waals surface area contributed by atoms with Crippen molar-refractivity contribution in [2.24, 2.45) is 0 Å². The van der Waals surface area contributed by atoms with Crippen molar-refractivity contribution in [1.29, 1.82) is 0 Å². The molecular formula is C12H20O6Si. The van der Waals surface area contributed by atoms with Gasteiger partial charge in [0.2, 0.25) is 0 Å². The van der Waals surface area contributed by atoms with Crippen LogP contribution >= 0.6 is 0 Å². The van der Waals surface area contributed by atoms with Gasteiger partial charge < -0.3 is 13.6 Å². The van der Waals surface area contributed by atoms with Crippen LogP contribution < -0.4 is 0 Å². The molecule has 1 atom stereocenters. The second-order valence-corrected chi connectivity index (χ2v) is 7.21. The first-order valence-electron chi connectivity index (χ1n) is 6.03. The lowest BCUT2D eigenvalue weighted by Crippen LogP contribution is -2.42. The molecule has 0 saturated carbocycles. The van der Waals surface area contributed by atoms with Crippen LogP contribution in [0.1, 0.15) is 26.7 Å². The van der Waals surface area contributed by atoms with Crippen molar-refractivity contribution in [3.63, 3.8) is 0 Å². The van der Waals surface area contributed by atoms with Gasteiger partial charge in [-0.05, 0) is 6.42 Å². The molecule has 0 rings (SSSR count). The van der Waals surface area contributed by atoms with E-state index < -0.39 is 26.5 Å². The van der Waals surface area contributed by atoms with Crippen LogP contribution in [0.3, 0.4) is 0 Å². The predicted octanol–water partition coefficient (Wildman–Crippen LogP) is 1.69. The number of carbonyl (C=O) groups is 3. The highest BCUT2D eigenvalue weighted by Crippen LogP contribution is 2.17. The molecule has 1 unspecified atom stereocenters. The van der Waals surface area contributed by atoms with E-state index in [2.05, 4.69) is 6.58 Å². The van der Waals surface area contributed by atoms with Crippen molar-refractivity contribution in [3.8, 4) is 0 Å². The summed E-state index contributed by atoms with van der Waals surface area (Å²) in [5, 5.41) is 0. The summed E-state index contributed by atoms with van der Waals surface area (Å²) in [7, 11) is -2.89. The molecule has 0 N–H and O–H groups in total. The van der Waals surface area contributed by atoms with Gasteiger partial charge in [0.25, 0.3) is 11.9 Å². The highest BCUT2D eigenvalue weighted by molar-refractivity contribution is 6.69. The maximum Gasteiger partial charge on any atom is 0.461 e. The molecule has 6 nitrogen and oxygen atoms in total. The number of hydrogen-bond acceptors (Lipinski definition) is 6. The molecule has 0 aliphatic rings. The van der Waals surface area contributed by atoms with E-state index in [0.717, 1.165) is 6.08 Å². The van der Waals surface area contributed by atoms with Crippen LogP contribution in [0.2, 0.25) is 12.6 Å². The summed E-state index contributed by atoms with van der Waals surface area (Å²) < 4.78 is 15.2. The number of esters is 1. The monoisotopic (exact) mass is 288 g/mol. The number of rotatable bonds is 8. The van der Waals surface area contributed by atoms with Gasteiger partial charge in [0, 0.05) is 32.0 Å². The van der Waals surface area contributed by atoms with Crippen LogP contribution in [-0.4, -0.2) is 33.1 Å². The Hall–Kier alpha value is -1.63. The Balaban J connectivity index is 4.33. The Morgan fingerprint density at radius 2 is 1.89 bits per heavy atom. The summed E-state index contributed by atoms with van der Waals surface area (Å²) in [6.45, 7) is 8.00. The topological polar surface area (TPSA) is 78.9 Å². The van der Waals surface area contributed by atoms with Gasteiger partial charge in [0.1, 0.15) is 0 Å².